The number of methoxy groups -OCH3 is 1. The summed E-state index contributed by atoms with van der Waals surface area (Å²) in [5.41, 5.74) is -0.0512. The van der Waals surface area contributed by atoms with E-state index in [-0.39, 0.29) is 24.5 Å². The SMILES string of the molecule is CCOC(=O)c1cc(NC(=O)C(C)(OC)C2CC2)ccc1OC(C)CC. The van der Waals surface area contributed by atoms with Gasteiger partial charge in [-0.15, -0.1) is 0 Å². The van der Waals surface area contributed by atoms with Crippen LogP contribution >= 0.6 is 0 Å². The lowest BCUT2D eigenvalue weighted by atomic mass is 9.99. The smallest absolute Gasteiger partial charge is 0.341 e. The third-order valence-corrected chi connectivity index (χ3v) is 4.87. The lowest BCUT2D eigenvalue weighted by molar-refractivity contribution is -0.138. The number of esters is 1. The van der Waals surface area contributed by atoms with Gasteiger partial charge >= 0.3 is 5.97 Å². The van der Waals surface area contributed by atoms with Crippen molar-refractivity contribution in [1.29, 1.82) is 0 Å². The molecular weight excluding hydrogens is 334 g/mol. The highest BCUT2D eigenvalue weighted by molar-refractivity contribution is 6.00. The van der Waals surface area contributed by atoms with E-state index in [0.29, 0.717) is 17.0 Å². The molecule has 2 unspecified atom stereocenters. The van der Waals surface area contributed by atoms with Crippen molar-refractivity contribution < 1.29 is 23.8 Å². The summed E-state index contributed by atoms with van der Waals surface area (Å²) in [6.45, 7) is 7.75. The zero-order valence-corrected chi connectivity index (χ0v) is 16.3. The Balaban J connectivity index is 2.25. The first-order valence-corrected chi connectivity index (χ1v) is 9.20. The lowest BCUT2D eigenvalue weighted by Crippen LogP contribution is -2.44. The molecule has 0 spiro atoms. The number of benzene rings is 1. The largest absolute Gasteiger partial charge is 0.490 e. The molecule has 1 N–H and O–H groups in total. The Morgan fingerprint density at radius 3 is 2.54 bits per heavy atom. The van der Waals surface area contributed by atoms with Crippen molar-refractivity contribution in [2.75, 3.05) is 19.0 Å². The van der Waals surface area contributed by atoms with E-state index in [2.05, 4.69) is 5.32 Å². The minimum Gasteiger partial charge on any atom is -0.490 e. The molecule has 2 atom stereocenters. The number of hydrogen-bond donors (Lipinski definition) is 1. The summed E-state index contributed by atoms with van der Waals surface area (Å²) in [6, 6.07) is 5.01. The van der Waals surface area contributed by atoms with Gasteiger partial charge in [0, 0.05) is 12.8 Å². The molecule has 1 aliphatic carbocycles. The number of ether oxygens (including phenoxy) is 3. The van der Waals surface area contributed by atoms with Crippen LogP contribution in [0.1, 0.15) is 57.3 Å². The molecule has 0 heterocycles. The number of anilines is 1. The van der Waals surface area contributed by atoms with Gasteiger partial charge in [-0.3, -0.25) is 4.79 Å². The van der Waals surface area contributed by atoms with Crippen molar-refractivity contribution in [3.8, 4) is 5.75 Å². The van der Waals surface area contributed by atoms with E-state index in [0.717, 1.165) is 19.3 Å². The average Bonchev–Trinajstić information content (AvgIpc) is 3.47. The van der Waals surface area contributed by atoms with Gasteiger partial charge in [-0.05, 0) is 64.2 Å². The van der Waals surface area contributed by atoms with Gasteiger partial charge in [-0.25, -0.2) is 4.79 Å². The molecule has 1 fully saturated rings. The molecule has 0 aliphatic heterocycles. The fourth-order valence-electron chi connectivity index (χ4n) is 2.71. The fraction of sp³-hybridized carbons (Fsp3) is 0.600. The summed E-state index contributed by atoms with van der Waals surface area (Å²) in [4.78, 5) is 25.0. The van der Waals surface area contributed by atoms with E-state index in [1.165, 1.54) is 0 Å². The summed E-state index contributed by atoms with van der Waals surface area (Å²) in [5, 5.41) is 2.86. The van der Waals surface area contributed by atoms with Crippen molar-refractivity contribution in [3.63, 3.8) is 0 Å². The number of carbonyl (C=O) groups excluding carboxylic acids is 2. The van der Waals surface area contributed by atoms with Crippen molar-refractivity contribution in [1.82, 2.24) is 0 Å². The first kappa shape index (κ1) is 20.2. The first-order chi connectivity index (χ1) is 12.3. The average molecular weight is 363 g/mol. The van der Waals surface area contributed by atoms with Crippen molar-refractivity contribution in [2.24, 2.45) is 5.92 Å². The van der Waals surface area contributed by atoms with Gasteiger partial charge in [0.2, 0.25) is 0 Å². The van der Waals surface area contributed by atoms with Crippen LogP contribution in [0, 0.1) is 5.92 Å². The summed E-state index contributed by atoms with van der Waals surface area (Å²) in [5.74, 6) is -0.0102. The zero-order chi connectivity index (χ0) is 19.3. The molecule has 1 aliphatic rings. The Hall–Kier alpha value is -2.08. The highest BCUT2D eigenvalue weighted by Gasteiger charge is 2.47. The Kier molecular flexibility index (Phi) is 6.64. The summed E-state index contributed by atoms with van der Waals surface area (Å²) in [7, 11) is 1.55. The minimum absolute atomic E-state index is 0.0322. The maximum Gasteiger partial charge on any atom is 0.341 e. The molecule has 1 aromatic rings. The van der Waals surface area contributed by atoms with Crippen LogP contribution in [0.5, 0.6) is 5.75 Å². The molecule has 0 saturated heterocycles. The molecule has 1 aromatic carbocycles. The maximum absolute atomic E-state index is 12.7. The van der Waals surface area contributed by atoms with Gasteiger partial charge in [-0.2, -0.15) is 0 Å². The number of hydrogen-bond acceptors (Lipinski definition) is 5. The van der Waals surface area contributed by atoms with Crippen LogP contribution in [0.3, 0.4) is 0 Å². The molecule has 1 saturated carbocycles. The minimum atomic E-state index is -0.865. The molecule has 0 bridgehead atoms. The van der Waals surface area contributed by atoms with Gasteiger partial charge in [0.1, 0.15) is 16.9 Å². The summed E-state index contributed by atoms with van der Waals surface area (Å²) >= 11 is 0. The molecular formula is C20H29NO5. The second kappa shape index (κ2) is 8.54. The topological polar surface area (TPSA) is 73.9 Å². The van der Waals surface area contributed by atoms with Gasteiger partial charge in [-0.1, -0.05) is 6.92 Å². The van der Waals surface area contributed by atoms with Crippen LogP contribution in [0.15, 0.2) is 18.2 Å². The summed E-state index contributed by atoms with van der Waals surface area (Å²) < 4.78 is 16.4. The molecule has 6 nitrogen and oxygen atoms in total. The fourth-order valence-corrected chi connectivity index (χ4v) is 2.71. The van der Waals surface area contributed by atoms with Crippen LogP contribution in [0.4, 0.5) is 5.69 Å². The predicted octanol–water partition coefficient (Wildman–Crippen LogP) is 3.79. The molecule has 1 amide bonds. The zero-order valence-electron chi connectivity index (χ0n) is 16.3. The number of rotatable bonds is 9. The van der Waals surface area contributed by atoms with Crippen LogP contribution in [-0.4, -0.2) is 37.3 Å². The highest BCUT2D eigenvalue weighted by Crippen LogP contribution is 2.42. The number of nitrogens with one attached hydrogen (secondary N) is 1. The van der Waals surface area contributed by atoms with Gasteiger partial charge < -0.3 is 19.5 Å². The highest BCUT2D eigenvalue weighted by atomic mass is 16.5. The van der Waals surface area contributed by atoms with Crippen molar-refractivity contribution in [3.05, 3.63) is 23.8 Å². The Morgan fingerprint density at radius 1 is 1.31 bits per heavy atom. The lowest BCUT2D eigenvalue weighted by Gasteiger charge is -2.27. The molecule has 26 heavy (non-hydrogen) atoms. The first-order valence-electron chi connectivity index (χ1n) is 9.20. The Morgan fingerprint density at radius 2 is 2.00 bits per heavy atom. The third kappa shape index (κ3) is 4.55. The van der Waals surface area contributed by atoms with E-state index < -0.39 is 11.6 Å². The molecule has 0 aromatic heterocycles. The van der Waals surface area contributed by atoms with E-state index in [9.17, 15) is 9.59 Å². The Bertz CT molecular complexity index is 656. The van der Waals surface area contributed by atoms with Crippen molar-refractivity contribution >= 4 is 17.6 Å². The van der Waals surface area contributed by atoms with Gasteiger partial charge in [0.15, 0.2) is 0 Å². The maximum atomic E-state index is 12.7. The third-order valence-electron chi connectivity index (χ3n) is 4.87. The van der Waals surface area contributed by atoms with E-state index in [4.69, 9.17) is 14.2 Å². The molecule has 6 heteroatoms. The Labute approximate surface area is 155 Å². The second-order valence-corrected chi connectivity index (χ2v) is 6.81. The monoisotopic (exact) mass is 363 g/mol. The summed E-state index contributed by atoms with van der Waals surface area (Å²) in [6.07, 6.45) is 2.74. The normalized spacial score (nSPS) is 17.1. The van der Waals surface area contributed by atoms with E-state index >= 15 is 0 Å². The van der Waals surface area contributed by atoms with Gasteiger partial charge in [0.05, 0.1) is 12.7 Å². The van der Waals surface area contributed by atoms with E-state index in [1.807, 2.05) is 13.8 Å². The van der Waals surface area contributed by atoms with Crippen LogP contribution in [0.2, 0.25) is 0 Å². The van der Waals surface area contributed by atoms with Crippen LogP contribution < -0.4 is 10.1 Å². The van der Waals surface area contributed by atoms with Gasteiger partial charge in [0.25, 0.3) is 5.91 Å². The standard InChI is InChI=1S/C20H29NO5/c1-6-13(3)26-17-11-10-15(12-16(17)18(22)25-7-2)21-19(23)20(4,24-5)14-8-9-14/h10-14H,6-9H2,1-5H3,(H,21,23). The number of amides is 1. The molecule has 0 radical (unpaired) electrons. The quantitative estimate of drug-likeness (QED) is 0.676. The van der Waals surface area contributed by atoms with Crippen molar-refractivity contribution in [2.45, 2.75) is 58.7 Å². The predicted molar refractivity (Wildman–Crippen MR) is 99.5 cm³/mol. The molecule has 2 rings (SSSR count). The van der Waals surface area contributed by atoms with Crippen LogP contribution in [-0.2, 0) is 14.3 Å². The number of carbonyl (C=O) groups is 2. The van der Waals surface area contributed by atoms with Crippen LogP contribution in [0.25, 0.3) is 0 Å². The van der Waals surface area contributed by atoms with E-state index in [1.54, 1.807) is 39.2 Å². The molecule has 144 valence electrons. The second-order valence-electron chi connectivity index (χ2n) is 6.81.